The van der Waals surface area contributed by atoms with E-state index < -0.39 is 12.4 Å². The van der Waals surface area contributed by atoms with Crippen molar-refractivity contribution >= 4 is 11.0 Å². The fraction of sp³-hybridized carbons (Fsp3) is 0.273. The number of aliphatic hydroxyl groups excluding tert-OH is 1. The Bertz CT molecular complexity index is 592. The van der Waals surface area contributed by atoms with Crippen LogP contribution in [0.4, 0.5) is 4.39 Å². The van der Waals surface area contributed by atoms with Crippen molar-refractivity contribution < 1.29 is 9.50 Å². The number of aryl methyl sites for hydroxylation is 1. The van der Waals surface area contributed by atoms with Crippen molar-refractivity contribution in [2.24, 2.45) is 0 Å². The molecule has 1 aromatic carbocycles. The van der Waals surface area contributed by atoms with Crippen LogP contribution in [0.3, 0.4) is 0 Å². The fourth-order valence-corrected chi connectivity index (χ4v) is 1.56. The summed E-state index contributed by atoms with van der Waals surface area (Å²) in [5, 5.41) is 8.90. The first kappa shape index (κ1) is 10.8. The van der Waals surface area contributed by atoms with Gasteiger partial charge in [0.15, 0.2) is 5.82 Å². The number of aromatic amines is 1. The number of aromatic nitrogens is 2. The number of aliphatic hydroxyl groups is 1. The molecule has 2 aromatic rings. The molecule has 4 nitrogen and oxygen atoms in total. The first-order chi connectivity index (χ1) is 7.67. The van der Waals surface area contributed by atoms with E-state index in [1.807, 2.05) is 6.92 Å². The summed E-state index contributed by atoms with van der Waals surface area (Å²) >= 11 is 0. The van der Waals surface area contributed by atoms with E-state index in [4.69, 9.17) is 5.11 Å². The third kappa shape index (κ3) is 1.59. The van der Waals surface area contributed by atoms with Gasteiger partial charge in [-0.15, -0.1) is 0 Å². The van der Waals surface area contributed by atoms with Gasteiger partial charge >= 0.3 is 0 Å². The molecular formula is C11H11FN2O2. The summed E-state index contributed by atoms with van der Waals surface area (Å²) in [7, 11) is 0. The van der Waals surface area contributed by atoms with Crippen LogP contribution in [0.2, 0.25) is 0 Å². The first-order valence-corrected chi connectivity index (χ1v) is 4.98. The predicted molar refractivity (Wildman–Crippen MR) is 57.6 cm³/mol. The lowest BCUT2D eigenvalue weighted by molar-refractivity contribution is 0.276. The summed E-state index contributed by atoms with van der Waals surface area (Å²) in [6.07, 6.45) is 0.495. The highest BCUT2D eigenvalue weighted by molar-refractivity contribution is 5.75. The zero-order chi connectivity index (χ0) is 11.7. The van der Waals surface area contributed by atoms with Gasteiger partial charge in [-0.3, -0.25) is 4.79 Å². The van der Waals surface area contributed by atoms with Crippen LogP contribution < -0.4 is 5.56 Å². The summed E-state index contributed by atoms with van der Waals surface area (Å²) in [6.45, 7) is 1.40. The Morgan fingerprint density at radius 2 is 2.25 bits per heavy atom. The molecule has 0 aliphatic carbocycles. The highest BCUT2D eigenvalue weighted by atomic mass is 19.1. The van der Waals surface area contributed by atoms with Crippen molar-refractivity contribution in [3.8, 4) is 0 Å². The summed E-state index contributed by atoms with van der Waals surface area (Å²) < 4.78 is 13.7. The molecule has 0 saturated carbocycles. The third-order valence-corrected chi connectivity index (χ3v) is 2.46. The number of nitrogens with one attached hydrogen (secondary N) is 1. The van der Waals surface area contributed by atoms with Crippen LogP contribution in [0.15, 0.2) is 16.9 Å². The zero-order valence-corrected chi connectivity index (χ0v) is 8.75. The molecule has 0 radical (unpaired) electrons. The van der Waals surface area contributed by atoms with Gasteiger partial charge < -0.3 is 10.1 Å². The van der Waals surface area contributed by atoms with Gasteiger partial charge in [-0.25, -0.2) is 9.37 Å². The number of halogens is 1. The largest absolute Gasteiger partial charge is 0.392 e. The maximum Gasteiger partial charge on any atom is 0.270 e. The Kier molecular flexibility index (Phi) is 2.70. The van der Waals surface area contributed by atoms with Gasteiger partial charge in [-0.1, -0.05) is 13.0 Å². The second-order valence-corrected chi connectivity index (χ2v) is 3.46. The molecule has 2 N–H and O–H groups in total. The molecule has 2 rings (SSSR count). The van der Waals surface area contributed by atoms with Crippen molar-refractivity contribution in [3.05, 3.63) is 39.6 Å². The molecule has 84 valence electrons. The Morgan fingerprint density at radius 1 is 1.50 bits per heavy atom. The molecule has 0 unspecified atom stereocenters. The lowest BCUT2D eigenvalue weighted by Crippen LogP contribution is -2.15. The smallest absolute Gasteiger partial charge is 0.270 e. The molecule has 1 aromatic heterocycles. The van der Waals surface area contributed by atoms with Crippen molar-refractivity contribution in [2.75, 3.05) is 0 Å². The molecule has 0 amide bonds. The molecule has 0 aliphatic heterocycles. The quantitative estimate of drug-likeness (QED) is 0.800. The minimum Gasteiger partial charge on any atom is -0.392 e. The van der Waals surface area contributed by atoms with E-state index in [0.717, 1.165) is 0 Å². The number of fused-ring (bicyclic) bond motifs is 1. The number of H-pyrrole nitrogens is 1. The van der Waals surface area contributed by atoms with Gasteiger partial charge in [-0.2, -0.15) is 0 Å². The Balaban J connectivity index is 2.81. The highest BCUT2D eigenvalue weighted by Crippen LogP contribution is 2.16. The average Bonchev–Trinajstić information content (AvgIpc) is 2.30. The lowest BCUT2D eigenvalue weighted by atomic mass is 10.2. The van der Waals surface area contributed by atoms with Crippen LogP contribution in [-0.4, -0.2) is 15.1 Å². The number of rotatable bonds is 2. The molecular weight excluding hydrogens is 211 g/mol. The van der Waals surface area contributed by atoms with Gasteiger partial charge in [0.1, 0.15) is 11.2 Å². The van der Waals surface area contributed by atoms with Crippen LogP contribution in [0.1, 0.15) is 18.2 Å². The van der Waals surface area contributed by atoms with Crippen molar-refractivity contribution in [1.29, 1.82) is 0 Å². The molecule has 0 saturated heterocycles. The maximum absolute atomic E-state index is 13.7. The number of benzene rings is 1. The van der Waals surface area contributed by atoms with Crippen LogP contribution >= 0.6 is 0 Å². The summed E-state index contributed by atoms with van der Waals surface area (Å²) in [5.74, 6) is -0.618. The van der Waals surface area contributed by atoms with Crippen LogP contribution in [-0.2, 0) is 13.0 Å². The highest BCUT2D eigenvalue weighted by Gasteiger charge is 2.10. The molecule has 0 bridgehead atoms. The van der Waals surface area contributed by atoms with Crippen LogP contribution in [0.25, 0.3) is 11.0 Å². The molecule has 0 atom stereocenters. The number of hydrogen-bond acceptors (Lipinski definition) is 3. The zero-order valence-electron chi connectivity index (χ0n) is 8.75. The summed E-state index contributed by atoms with van der Waals surface area (Å²) in [6, 6.07) is 3.04. The van der Waals surface area contributed by atoms with Gasteiger partial charge in [-0.05, 0) is 12.5 Å². The SMILES string of the molecule is CCc1nc2ccc(CO)c(F)c2[nH]c1=O. The molecule has 0 aliphatic rings. The van der Waals surface area contributed by atoms with E-state index in [9.17, 15) is 9.18 Å². The van der Waals surface area contributed by atoms with Crippen molar-refractivity contribution in [3.63, 3.8) is 0 Å². The lowest BCUT2D eigenvalue weighted by Gasteiger charge is -2.04. The Morgan fingerprint density at radius 3 is 2.88 bits per heavy atom. The van der Waals surface area contributed by atoms with E-state index in [-0.39, 0.29) is 16.6 Å². The average molecular weight is 222 g/mol. The van der Waals surface area contributed by atoms with E-state index in [0.29, 0.717) is 17.6 Å². The van der Waals surface area contributed by atoms with E-state index >= 15 is 0 Å². The standard InChI is InChI=1S/C11H11FN2O2/c1-2-7-11(16)14-10-8(13-7)4-3-6(5-15)9(10)12/h3-4,15H,2,5H2,1H3,(H,14,16). The number of nitrogens with zero attached hydrogens (tertiary/aromatic N) is 1. The minimum absolute atomic E-state index is 0.0498. The monoisotopic (exact) mass is 222 g/mol. The van der Waals surface area contributed by atoms with E-state index in [2.05, 4.69) is 9.97 Å². The second kappa shape index (κ2) is 4.02. The molecule has 16 heavy (non-hydrogen) atoms. The summed E-state index contributed by atoms with van der Waals surface area (Å²) in [4.78, 5) is 18.0. The second-order valence-electron chi connectivity index (χ2n) is 3.46. The fourth-order valence-electron chi connectivity index (χ4n) is 1.56. The van der Waals surface area contributed by atoms with Crippen LogP contribution in [0.5, 0.6) is 0 Å². The van der Waals surface area contributed by atoms with Crippen molar-refractivity contribution in [2.45, 2.75) is 20.0 Å². The Hall–Kier alpha value is -1.75. The molecule has 0 spiro atoms. The van der Waals surface area contributed by atoms with Gasteiger partial charge in [0.05, 0.1) is 12.1 Å². The summed E-state index contributed by atoms with van der Waals surface area (Å²) in [5.41, 5.74) is 0.585. The first-order valence-electron chi connectivity index (χ1n) is 4.98. The van der Waals surface area contributed by atoms with E-state index in [1.165, 1.54) is 6.07 Å². The topological polar surface area (TPSA) is 66.0 Å². The van der Waals surface area contributed by atoms with Gasteiger partial charge in [0.25, 0.3) is 5.56 Å². The van der Waals surface area contributed by atoms with Crippen LogP contribution in [0, 0.1) is 5.82 Å². The third-order valence-electron chi connectivity index (χ3n) is 2.46. The Labute approximate surface area is 90.8 Å². The maximum atomic E-state index is 13.7. The number of hydrogen-bond donors (Lipinski definition) is 2. The molecule has 5 heteroatoms. The predicted octanol–water partition coefficient (Wildman–Crippen LogP) is 1.12. The van der Waals surface area contributed by atoms with E-state index in [1.54, 1.807) is 6.07 Å². The normalized spacial score (nSPS) is 10.9. The molecule has 1 heterocycles. The molecule has 0 fully saturated rings. The van der Waals surface area contributed by atoms with Crippen molar-refractivity contribution in [1.82, 2.24) is 9.97 Å². The minimum atomic E-state index is -0.618. The van der Waals surface area contributed by atoms with Gasteiger partial charge in [0, 0.05) is 5.56 Å². The van der Waals surface area contributed by atoms with Gasteiger partial charge in [0.2, 0.25) is 0 Å².